The summed E-state index contributed by atoms with van der Waals surface area (Å²) in [5, 5.41) is 6.14. The Bertz CT molecular complexity index is 679. The van der Waals surface area contributed by atoms with E-state index in [2.05, 4.69) is 41.4 Å². The summed E-state index contributed by atoms with van der Waals surface area (Å²) in [6.07, 6.45) is 1.72. The fraction of sp³-hybridized carbons (Fsp3) is 0.765. The topological polar surface area (TPSA) is 96.6 Å². The first-order valence-electron chi connectivity index (χ1n) is 8.56. The van der Waals surface area contributed by atoms with Crippen LogP contribution >= 0.6 is 0 Å². The second-order valence-electron chi connectivity index (χ2n) is 7.92. The predicted octanol–water partition coefficient (Wildman–Crippen LogP) is 2.24. The minimum atomic E-state index is -3.16. The lowest BCUT2D eigenvalue weighted by atomic mass is 9.94. The number of aliphatic imine (C=N–C) groups is 1. The highest BCUT2D eigenvalue weighted by Crippen LogP contribution is 2.22. The molecule has 0 fully saturated rings. The molecule has 1 aromatic rings. The summed E-state index contributed by atoms with van der Waals surface area (Å²) in [6.45, 7) is 14.5. The monoisotopic (exact) mass is 372 g/mol. The highest BCUT2D eigenvalue weighted by atomic mass is 32.2. The van der Waals surface area contributed by atoms with Crippen molar-refractivity contribution >= 4 is 15.8 Å². The summed E-state index contributed by atoms with van der Waals surface area (Å²) in [5.41, 5.74) is -0.0982. The van der Waals surface area contributed by atoms with Crippen molar-refractivity contribution in [3.63, 3.8) is 0 Å². The summed E-state index contributed by atoms with van der Waals surface area (Å²) in [5.74, 6) is 1.94. The van der Waals surface area contributed by atoms with Crippen LogP contribution < -0.4 is 10.6 Å². The van der Waals surface area contributed by atoms with Crippen molar-refractivity contribution in [1.29, 1.82) is 0 Å². The largest absolute Gasteiger partial charge is 0.443 e. The standard InChI is InChI=1S/C17H32N4O3S/c1-8-18-15(19-9-10-25(22,23)17(5,6)7)21-12-14-20-11-13(24-14)16(2,3)4/h11H,8-10,12H2,1-7H3,(H2,18,19,21). The zero-order valence-corrected chi connectivity index (χ0v) is 17.2. The van der Waals surface area contributed by atoms with E-state index in [1.165, 1.54) is 0 Å². The molecule has 1 rings (SSSR count). The summed E-state index contributed by atoms with van der Waals surface area (Å²) in [6, 6.07) is 0. The number of hydrogen-bond acceptors (Lipinski definition) is 5. The van der Waals surface area contributed by atoms with Crippen LogP contribution in [-0.2, 0) is 21.8 Å². The number of oxazole rings is 1. The second kappa shape index (κ2) is 8.21. The van der Waals surface area contributed by atoms with Crippen LogP contribution in [0.5, 0.6) is 0 Å². The van der Waals surface area contributed by atoms with Gasteiger partial charge in [0.25, 0.3) is 0 Å². The molecule has 2 N–H and O–H groups in total. The van der Waals surface area contributed by atoms with E-state index in [4.69, 9.17) is 4.42 Å². The van der Waals surface area contributed by atoms with Gasteiger partial charge >= 0.3 is 0 Å². The SMILES string of the molecule is CCNC(=NCc1ncc(C(C)(C)C)o1)NCCS(=O)(=O)C(C)(C)C. The molecule has 7 nitrogen and oxygen atoms in total. The molecule has 1 aromatic heterocycles. The molecule has 0 aliphatic rings. The van der Waals surface area contributed by atoms with Gasteiger partial charge in [-0.25, -0.2) is 18.4 Å². The summed E-state index contributed by atoms with van der Waals surface area (Å²) in [7, 11) is -3.16. The van der Waals surface area contributed by atoms with Crippen LogP contribution in [0.4, 0.5) is 0 Å². The van der Waals surface area contributed by atoms with Crippen molar-refractivity contribution in [3.8, 4) is 0 Å². The Labute approximate surface area is 151 Å². The van der Waals surface area contributed by atoms with Crippen molar-refractivity contribution in [1.82, 2.24) is 15.6 Å². The lowest BCUT2D eigenvalue weighted by Crippen LogP contribution is -2.41. The molecule has 0 amide bonds. The highest BCUT2D eigenvalue weighted by molar-refractivity contribution is 7.92. The first-order valence-corrected chi connectivity index (χ1v) is 10.2. The van der Waals surface area contributed by atoms with E-state index in [9.17, 15) is 8.42 Å². The highest BCUT2D eigenvalue weighted by Gasteiger charge is 2.28. The molecule has 8 heteroatoms. The maximum absolute atomic E-state index is 12.1. The van der Waals surface area contributed by atoms with E-state index in [0.29, 0.717) is 24.9 Å². The third-order valence-electron chi connectivity index (χ3n) is 3.61. The molecular weight excluding hydrogens is 340 g/mol. The number of sulfone groups is 1. The fourth-order valence-corrected chi connectivity index (χ4v) is 2.81. The molecule has 144 valence electrons. The summed E-state index contributed by atoms with van der Waals surface area (Å²) in [4.78, 5) is 8.65. The Kier molecular flexibility index (Phi) is 7.05. The fourth-order valence-electron chi connectivity index (χ4n) is 1.83. The van der Waals surface area contributed by atoms with Crippen molar-refractivity contribution in [2.75, 3.05) is 18.8 Å². The molecule has 1 heterocycles. The van der Waals surface area contributed by atoms with Crippen LogP contribution in [0.2, 0.25) is 0 Å². The van der Waals surface area contributed by atoms with E-state index in [1.54, 1.807) is 27.0 Å². The Balaban J connectivity index is 2.67. The van der Waals surface area contributed by atoms with Gasteiger partial charge in [-0.2, -0.15) is 0 Å². The van der Waals surface area contributed by atoms with Gasteiger partial charge in [-0.1, -0.05) is 20.8 Å². The smallest absolute Gasteiger partial charge is 0.216 e. The van der Waals surface area contributed by atoms with E-state index in [1.807, 2.05) is 6.92 Å². The average molecular weight is 373 g/mol. The number of nitrogens with one attached hydrogen (secondary N) is 2. The number of nitrogens with zero attached hydrogens (tertiary/aromatic N) is 2. The second-order valence-corrected chi connectivity index (χ2v) is 10.8. The molecule has 0 aromatic carbocycles. The molecule has 0 saturated carbocycles. The minimum absolute atomic E-state index is 0.0497. The molecule has 0 radical (unpaired) electrons. The lowest BCUT2D eigenvalue weighted by Gasteiger charge is -2.19. The number of hydrogen-bond donors (Lipinski definition) is 2. The van der Waals surface area contributed by atoms with E-state index in [-0.39, 0.29) is 17.7 Å². The van der Waals surface area contributed by atoms with Crippen molar-refractivity contribution < 1.29 is 12.8 Å². The molecular formula is C17H32N4O3S. The van der Waals surface area contributed by atoms with Gasteiger partial charge in [0.05, 0.1) is 16.7 Å². The normalized spacial score (nSPS) is 13.8. The van der Waals surface area contributed by atoms with E-state index in [0.717, 1.165) is 5.76 Å². The molecule has 0 saturated heterocycles. The first-order chi connectivity index (χ1) is 11.4. The molecule has 0 aliphatic heterocycles. The quantitative estimate of drug-likeness (QED) is 0.587. The van der Waals surface area contributed by atoms with Gasteiger partial charge in [0.2, 0.25) is 5.89 Å². The Morgan fingerprint density at radius 2 is 1.84 bits per heavy atom. The number of aromatic nitrogens is 1. The van der Waals surface area contributed by atoms with Crippen LogP contribution in [0.3, 0.4) is 0 Å². The Morgan fingerprint density at radius 3 is 2.32 bits per heavy atom. The lowest BCUT2D eigenvalue weighted by molar-refractivity contribution is 0.383. The Hall–Kier alpha value is -1.57. The van der Waals surface area contributed by atoms with Crippen LogP contribution in [0.25, 0.3) is 0 Å². The third kappa shape index (κ3) is 6.68. The molecule has 0 aliphatic carbocycles. The van der Waals surface area contributed by atoms with Gasteiger partial charge in [0.15, 0.2) is 15.8 Å². The van der Waals surface area contributed by atoms with Crippen molar-refractivity contribution in [2.45, 2.75) is 65.2 Å². The van der Waals surface area contributed by atoms with Crippen LogP contribution in [0, 0.1) is 0 Å². The van der Waals surface area contributed by atoms with Gasteiger partial charge in [0.1, 0.15) is 12.3 Å². The first kappa shape index (κ1) is 21.5. The van der Waals surface area contributed by atoms with Gasteiger partial charge in [-0.3, -0.25) is 0 Å². The van der Waals surface area contributed by atoms with Gasteiger partial charge < -0.3 is 15.1 Å². The molecule has 0 bridgehead atoms. The summed E-state index contributed by atoms with van der Waals surface area (Å²) >= 11 is 0. The maximum Gasteiger partial charge on any atom is 0.216 e. The predicted molar refractivity (Wildman–Crippen MR) is 102 cm³/mol. The zero-order valence-electron chi connectivity index (χ0n) is 16.4. The molecule has 0 atom stereocenters. The molecule has 0 unspecified atom stereocenters. The minimum Gasteiger partial charge on any atom is -0.443 e. The number of guanidine groups is 1. The maximum atomic E-state index is 12.1. The van der Waals surface area contributed by atoms with Crippen LogP contribution in [-0.4, -0.2) is 43.0 Å². The zero-order chi connectivity index (χ0) is 19.3. The summed E-state index contributed by atoms with van der Waals surface area (Å²) < 4.78 is 29.2. The van der Waals surface area contributed by atoms with E-state index >= 15 is 0 Å². The van der Waals surface area contributed by atoms with Crippen LogP contribution in [0.15, 0.2) is 15.6 Å². The average Bonchev–Trinajstić information content (AvgIpc) is 2.92. The van der Waals surface area contributed by atoms with Gasteiger partial charge in [-0.15, -0.1) is 0 Å². The molecule has 0 spiro atoms. The van der Waals surface area contributed by atoms with Crippen molar-refractivity contribution in [2.24, 2.45) is 4.99 Å². The Morgan fingerprint density at radius 1 is 1.20 bits per heavy atom. The van der Waals surface area contributed by atoms with Crippen molar-refractivity contribution in [3.05, 3.63) is 17.8 Å². The van der Waals surface area contributed by atoms with E-state index < -0.39 is 14.6 Å². The van der Waals surface area contributed by atoms with Crippen LogP contribution in [0.1, 0.15) is 60.1 Å². The number of rotatable bonds is 6. The molecule has 25 heavy (non-hydrogen) atoms. The van der Waals surface area contributed by atoms with Gasteiger partial charge in [0, 0.05) is 18.5 Å². The van der Waals surface area contributed by atoms with Gasteiger partial charge in [-0.05, 0) is 27.7 Å². The third-order valence-corrected chi connectivity index (χ3v) is 6.21.